The van der Waals surface area contributed by atoms with E-state index in [1.807, 2.05) is 23.1 Å². The monoisotopic (exact) mass is 356 g/mol. The fraction of sp³-hybridized carbons (Fsp3) is 0.381. The first-order valence-electron chi connectivity index (χ1n) is 9.07. The first kappa shape index (κ1) is 17.2. The van der Waals surface area contributed by atoms with Crippen molar-refractivity contribution >= 4 is 5.91 Å². The molecule has 2 N–H and O–H groups in total. The Bertz CT molecular complexity index is 811. The van der Waals surface area contributed by atoms with Gasteiger partial charge in [0.15, 0.2) is 0 Å². The molecule has 2 aromatic carbocycles. The summed E-state index contributed by atoms with van der Waals surface area (Å²) >= 11 is 0. The van der Waals surface area contributed by atoms with Crippen molar-refractivity contribution in [1.29, 1.82) is 0 Å². The molecule has 1 saturated carbocycles. The van der Waals surface area contributed by atoms with E-state index < -0.39 is 11.6 Å². The molecule has 0 aromatic heterocycles. The number of likely N-dealkylation sites (tertiary alicyclic amines) is 1. The van der Waals surface area contributed by atoms with E-state index in [0.29, 0.717) is 31.6 Å². The van der Waals surface area contributed by atoms with Crippen LogP contribution in [0.15, 0.2) is 48.5 Å². The highest BCUT2D eigenvalue weighted by molar-refractivity contribution is 5.83. The Hall–Kier alpha value is -2.27. The van der Waals surface area contributed by atoms with Crippen LogP contribution in [0.25, 0.3) is 0 Å². The summed E-state index contributed by atoms with van der Waals surface area (Å²) in [6, 6.07) is 13.6. The van der Waals surface area contributed by atoms with Crippen LogP contribution in [0, 0.1) is 23.5 Å². The van der Waals surface area contributed by atoms with E-state index in [2.05, 4.69) is 12.1 Å². The zero-order valence-electron chi connectivity index (χ0n) is 14.4. The second kappa shape index (κ2) is 6.80. The number of hydrogen-bond acceptors (Lipinski definition) is 2. The third-order valence-electron chi connectivity index (χ3n) is 5.75. The van der Waals surface area contributed by atoms with Crippen LogP contribution in [-0.2, 0) is 4.79 Å². The van der Waals surface area contributed by atoms with Crippen molar-refractivity contribution in [2.24, 2.45) is 17.6 Å². The maximum absolute atomic E-state index is 14.0. The zero-order valence-corrected chi connectivity index (χ0v) is 14.4. The van der Waals surface area contributed by atoms with Gasteiger partial charge in [-0.05, 0) is 54.1 Å². The van der Waals surface area contributed by atoms with E-state index >= 15 is 0 Å². The average Bonchev–Trinajstić information content (AvgIpc) is 3.34. The summed E-state index contributed by atoms with van der Waals surface area (Å²) < 4.78 is 27.4. The molecular formula is C21H22F2N2O. The molecule has 1 saturated heterocycles. The minimum Gasteiger partial charge on any atom is -0.341 e. The van der Waals surface area contributed by atoms with Crippen LogP contribution in [0.4, 0.5) is 8.78 Å². The van der Waals surface area contributed by atoms with E-state index in [1.54, 1.807) is 0 Å². The van der Waals surface area contributed by atoms with Gasteiger partial charge in [-0.3, -0.25) is 4.79 Å². The summed E-state index contributed by atoms with van der Waals surface area (Å²) in [7, 11) is 0. The summed E-state index contributed by atoms with van der Waals surface area (Å²) in [5, 5.41) is 0. The van der Waals surface area contributed by atoms with Gasteiger partial charge < -0.3 is 10.6 Å². The molecule has 1 aliphatic heterocycles. The molecular weight excluding hydrogens is 334 g/mol. The van der Waals surface area contributed by atoms with Crippen molar-refractivity contribution in [2.75, 3.05) is 19.6 Å². The fourth-order valence-electron chi connectivity index (χ4n) is 4.21. The lowest BCUT2D eigenvalue weighted by Gasteiger charge is -2.17. The molecule has 0 spiro atoms. The molecule has 4 rings (SSSR count). The summed E-state index contributed by atoms with van der Waals surface area (Å²) in [5.74, 6) is -0.874. The van der Waals surface area contributed by atoms with Crippen molar-refractivity contribution in [3.05, 3.63) is 71.3 Å². The number of carbonyl (C=O) groups is 1. The molecule has 5 heteroatoms. The van der Waals surface area contributed by atoms with Crippen LogP contribution in [0.3, 0.4) is 0 Å². The maximum atomic E-state index is 14.0. The third kappa shape index (κ3) is 3.12. The number of rotatable bonds is 4. The molecule has 136 valence electrons. The Balaban J connectivity index is 1.47. The quantitative estimate of drug-likeness (QED) is 0.914. The van der Waals surface area contributed by atoms with Crippen LogP contribution in [0.5, 0.6) is 0 Å². The molecule has 1 amide bonds. The Morgan fingerprint density at radius 1 is 1.08 bits per heavy atom. The standard InChI is InChI=1S/C21H22F2N2O/c22-15-6-7-20(23)17(8-15)16-9-18(16)21(26)25-11-14(10-24)19(12-25)13-4-2-1-3-5-13/h1-8,14,16,18-19H,9-12,24H2/t14-,16?,18?,19+/m1/s1. The molecule has 0 radical (unpaired) electrons. The van der Waals surface area contributed by atoms with E-state index in [4.69, 9.17) is 5.73 Å². The predicted molar refractivity (Wildman–Crippen MR) is 95.5 cm³/mol. The summed E-state index contributed by atoms with van der Waals surface area (Å²) in [6.45, 7) is 1.79. The number of carbonyl (C=O) groups excluding carboxylic acids is 1. The predicted octanol–water partition coefficient (Wildman–Crippen LogP) is 3.27. The molecule has 4 atom stereocenters. The van der Waals surface area contributed by atoms with Crippen molar-refractivity contribution < 1.29 is 13.6 Å². The SMILES string of the molecule is NC[C@@H]1CN(C(=O)C2CC2c2cc(F)ccc2F)C[C@H]1c1ccccc1. The van der Waals surface area contributed by atoms with Gasteiger partial charge in [0.25, 0.3) is 0 Å². The molecule has 2 fully saturated rings. The van der Waals surface area contributed by atoms with E-state index in [1.165, 1.54) is 11.6 Å². The van der Waals surface area contributed by atoms with Gasteiger partial charge in [0.05, 0.1) is 0 Å². The van der Waals surface area contributed by atoms with Gasteiger partial charge in [-0.2, -0.15) is 0 Å². The van der Waals surface area contributed by atoms with Gasteiger partial charge in [-0.1, -0.05) is 30.3 Å². The molecule has 2 aliphatic rings. The Morgan fingerprint density at radius 2 is 1.85 bits per heavy atom. The van der Waals surface area contributed by atoms with Crippen molar-refractivity contribution in [3.63, 3.8) is 0 Å². The Kier molecular flexibility index (Phi) is 4.49. The molecule has 1 aliphatic carbocycles. The summed E-state index contributed by atoms with van der Waals surface area (Å²) in [4.78, 5) is 14.8. The van der Waals surface area contributed by atoms with Crippen LogP contribution >= 0.6 is 0 Å². The fourth-order valence-corrected chi connectivity index (χ4v) is 4.21. The highest BCUT2D eigenvalue weighted by Crippen LogP contribution is 2.50. The van der Waals surface area contributed by atoms with Gasteiger partial charge in [0.2, 0.25) is 5.91 Å². The molecule has 2 aromatic rings. The number of amides is 1. The summed E-state index contributed by atoms with van der Waals surface area (Å²) in [5.41, 5.74) is 7.45. The number of nitrogens with zero attached hydrogens (tertiary/aromatic N) is 1. The van der Waals surface area contributed by atoms with Gasteiger partial charge in [0.1, 0.15) is 11.6 Å². The van der Waals surface area contributed by atoms with Crippen LogP contribution in [0.2, 0.25) is 0 Å². The number of halogens is 2. The second-order valence-corrected chi connectivity index (χ2v) is 7.37. The minimum absolute atomic E-state index is 0.0375. The zero-order chi connectivity index (χ0) is 18.3. The largest absolute Gasteiger partial charge is 0.341 e. The smallest absolute Gasteiger partial charge is 0.226 e. The second-order valence-electron chi connectivity index (χ2n) is 7.37. The van der Waals surface area contributed by atoms with Crippen molar-refractivity contribution in [3.8, 4) is 0 Å². The lowest BCUT2D eigenvalue weighted by Crippen LogP contribution is -2.31. The maximum Gasteiger partial charge on any atom is 0.226 e. The van der Waals surface area contributed by atoms with Gasteiger partial charge in [0, 0.05) is 24.9 Å². The van der Waals surface area contributed by atoms with E-state index in [0.717, 1.165) is 12.1 Å². The van der Waals surface area contributed by atoms with Crippen LogP contribution in [-0.4, -0.2) is 30.4 Å². The van der Waals surface area contributed by atoms with Crippen LogP contribution in [0.1, 0.15) is 29.4 Å². The average molecular weight is 356 g/mol. The third-order valence-corrected chi connectivity index (χ3v) is 5.75. The van der Waals surface area contributed by atoms with E-state index in [-0.39, 0.29) is 29.6 Å². The van der Waals surface area contributed by atoms with Crippen molar-refractivity contribution in [1.82, 2.24) is 4.90 Å². The topological polar surface area (TPSA) is 46.3 Å². The number of hydrogen-bond donors (Lipinski definition) is 1. The first-order valence-corrected chi connectivity index (χ1v) is 9.07. The minimum atomic E-state index is -0.465. The lowest BCUT2D eigenvalue weighted by molar-refractivity contribution is -0.131. The Labute approximate surface area is 151 Å². The lowest BCUT2D eigenvalue weighted by atomic mass is 9.89. The molecule has 3 nitrogen and oxygen atoms in total. The van der Waals surface area contributed by atoms with Gasteiger partial charge in [-0.15, -0.1) is 0 Å². The highest BCUT2D eigenvalue weighted by Gasteiger charge is 2.49. The van der Waals surface area contributed by atoms with Gasteiger partial charge in [-0.25, -0.2) is 8.78 Å². The van der Waals surface area contributed by atoms with Gasteiger partial charge >= 0.3 is 0 Å². The normalized spacial score (nSPS) is 27.6. The first-order chi connectivity index (χ1) is 12.6. The number of benzene rings is 2. The Morgan fingerprint density at radius 3 is 2.58 bits per heavy atom. The molecule has 1 heterocycles. The molecule has 2 unspecified atom stereocenters. The van der Waals surface area contributed by atoms with Crippen LogP contribution < -0.4 is 5.73 Å². The summed E-state index contributed by atoms with van der Waals surface area (Å²) in [6.07, 6.45) is 0.582. The number of nitrogens with two attached hydrogens (primary N) is 1. The van der Waals surface area contributed by atoms with Crippen molar-refractivity contribution in [2.45, 2.75) is 18.3 Å². The highest BCUT2D eigenvalue weighted by atomic mass is 19.1. The van der Waals surface area contributed by atoms with E-state index in [9.17, 15) is 13.6 Å². The molecule has 0 bridgehead atoms. The molecule has 26 heavy (non-hydrogen) atoms.